The maximum Gasteiger partial charge on any atom is 0.246 e. The molecule has 116 valence electrons. The van der Waals surface area contributed by atoms with Crippen molar-refractivity contribution < 1.29 is 8.42 Å². The summed E-state index contributed by atoms with van der Waals surface area (Å²) >= 11 is 0. The summed E-state index contributed by atoms with van der Waals surface area (Å²) in [5.41, 5.74) is 2.81. The Balaban J connectivity index is 1.78. The highest BCUT2D eigenvalue weighted by atomic mass is 32.2. The van der Waals surface area contributed by atoms with Crippen molar-refractivity contribution in [1.82, 2.24) is 9.29 Å². The molecule has 3 unspecified atom stereocenters. The standard InChI is InChI=1S/C14H22N4O2S/c1-18(9-12-7-10-2-3-11(12)6-10)21(19,20)14-8-16-5-4-13(14)17-15/h4-5,8,10-12H,2-3,6-7,9,15H2,1H3,(H,16,17). The minimum atomic E-state index is -3.56. The van der Waals surface area contributed by atoms with Gasteiger partial charge >= 0.3 is 0 Å². The van der Waals surface area contributed by atoms with E-state index in [1.54, 1.807) is 13.1 Å². The molecule has 0 radical (unpaired) electrons. The maximum absolute atomic E-state index is 12.7. The fraction of sp³-hybridized carbons (Fsp3) is 0.643. The third kappa shape index (κ3) is 2.65. The minimum absolute atomic E-state index is 0.137. The van der Waals surface area contributed by atoms with Gasteiger partial charge in [0.1, 0.15) is 4.90 Å². The molecule has 1 aromatic rings. The van der Waals surface area contributed by atoms with E-state index < -0.39 is 10.0 Å². The first kappa shape index (κ1) is 14.7. The lowest BCUT2D eigenvalue weighted by Crippen LogP contribution is -2.34. The van der Waals surface area contributed by atoms with Crippen molar-refractivity contribution in [1.29, 1.82) is 0 Å². The molecule has 3 N–H and O–H groups in total. The second-order valence-corrected chi connectivity index (χ2v) is 8.25. The van der Waals surface area contributed by atoms with Crippen molar-refractivity contribution in [3.63, 3.8) is 0 Å². The number of nitrogens with one attached hydrogen (secondary N) is 1. The molecule has 2 saturated carbocycles. The van der Waals surface area contributed by atoms with E-state index in [0.717, 1.165) is 5.92 Å². The number of nitrogen functional groups attached to an aromatic ring is 1. The lowest BCUT2D eigenvalue weighted by Gasteiger charge is -2.27. The van der Waals surface area contributed by atoms with Crippen molar-refractivity contribution in [3.05, 3.63) is 18.5 Å². The first-order chi connectivity index (χ1) is 10.0. The Labute approximate surface area is 125 Å². The quantitative estimate of drug-likeness (QED) is 0.634. The number of rotatable bonds is 5. The van der Waals surface area contributed by atoms with Gasteiger partial charge in [-0.25, -0.2) is 12.7 Å². The molecule has 3 rings (SSSR count). The largest absolute Gasteiger partial charge is 0.323 e. The molecule has 1 aromatic heterocycles. The zero-order valence-electron chi connectivity index (χ0n) is 12.2. The topological polar surface area (TPSA) is 88.3 Å². The smallest absolute Gasteiger partial charge is 0.246 e. The van der Waals surface area contributed by atoms with Crippen LogP contribution in [0.3, 0.4) is 0 Å². The average molecular weight is 310 g/mol. The van der Waals surface area contributed by atoms with Crippen LogP contribution in [0.5, 0.6) is 0 Å². The second kappa shape index (κ2) is 5.55. The van der Waals surface area contributed by atoms with Gasteiger partial charge in [0.15, 0.2) is 0 Å². The van der Waals surface area contributed by atoms with Gasteiger partial charge in [-0.2, -0.15) is 0 Å². The highest BCUT2D eigenvalue weighted by Crippen LogP contribution is 2.48. The predicted octanol–water partition coefficient (Wildman–Crippen LogP) is 1.42. The summed E-state index contributed by atoms with van der Waals surface area (Å²) in [4.78, 5) is 4.05. The van der Waals surface area contributed by atoms with Crippen LogP contribution in [0, 0.1) is 17.8 Å². The van der Waals surface area contributed by atoms with Crippen molar-refractivity contribution in [2.75, 3.05) is 19.0 Å². The number of nitrogens with two attached hydrogens (primary N) is 1. The van der Waals surface area contributed by atoms with Crippen LogP contribution in [0.4, 0.5) is 5.69 Å². The molecule has 0 aromatic carbocycles. The van der Waals surface area contributed by atoms with E-state index in [-0.39, 0.29) is 4.90 Å². The van der Waals surface area contributed by atoms with Crippen LogP contribution in [0.2, 0.25) is 0 Å². The molecule has 0 saturated heterocycles. The number of anilines is 1. The van der Waals surface area contributed by atoms with E-state index >= 15 is 0 Å². The Morgan fingerprint density at radius 1 is 1.43 bits per heavy atom. The summed E-state index contributed by atoms with van der Waals surface area (Å²) in [6.45, 7) is 0.586. The monoisotopic (exact) mass is 310 g/mol. The number of hydrazine groups is 1. The van der Waals surface area contributed by atoms with Gasteiger partial charge in [-0.3, -0.25) is 10.8 Å². The van der Waals surface area contributed by atoms with Gasteiger partial charge in [-0.1, -0.05) is 6.42 Å². The third-order valence-electron chi connectivity index (χ3n) is 5.00. The molecule has 0 aliphatic heterocycles. The SMILES string of the molecule is CN(CC1CC2CCC1C2)S(=O)(=O)c1cnccc1NN. The molecule has 21 heavy (non-hydrogen) atoms. The lowest BCUT2D eigenvalue weighted by atomic mass is 9.89. The fourth-order valence-electron chi connectivity index (χ4n) is 3.90. The Kier molecular flexibility index (Phi) is 3.90. The van der Waals surface area contributed by atoms with E-state index in [0.29, 0.717) is 24.1 Å². The number of hydrogen-bond donors (Lipinski definition) is 2. The Morgan fingerprint density at radius 2 is 2.24 bits per heavy atom. The van der Waals surface area contributed by atoms with E-state index in [1.165, 1.54) is 42.4 Å². The summed E-state index contributed by atoms with van der Waals surface area (Å²) in [5, 5.41) is 0. The molecule has 2 aliphatic carbocycles. The molecule has 3 atom stereocenters. The van der Waals surface area contributed by atoms with E-state index in [1.807, 2.05) is 0 Å². The molecule has 0 amide bonds. The molecule has 2 fully saturated rings. The molecule has 7 heteroatoms. The highest BCUT2D eigenvalue weighted by molar-refractivity contribution is 7.89. The van der Waals surface area contributed by atoms with Crippen LogP contribution >= 0.6 is 0 Å². The van der Waals surface area contributed by atoms with E-state index in [4.69, 9.17) is 5.84 Å². The maximum atomic E-state index is 12.7. The van der Waals surface area contributed by atoms with Crippen LogP contribution < -0.4 is 11.3 Å². The van der Waals surface area contributed by atoms with Gasteiger partial charge < -0.3 is 5.43 Å². The van der Waals surface area contributed by atoms with Gasteiger partial charge in [-0.15, -0.1) is 0 Å². The zero-order chi connectivity index (χ0) is 15.0. The van der Waals surface area contributed by atoms with Crippen molar-refractivity contribution in [2.24, 2.45) is 23.6 Å². The zero-order valence-corrected chi connectivity index (χ0v) is 13.0. The fourth-order valence-corrected chi connectivity index (χ4v) is 5.22. The molecule has 0 spiro atoms. The summed E-state index contributed by atoms with van der Waals surface area (Å²) in [6, 6.07) is 1.57. The third-order valence-corrected chi connectivity index (χ3v) is 6.86. The number of sulfonamides is 1. The van der Waals surface area contributed by atoms with Gasteiger partial charge in [0.25, 0.3) is 0 Å². The molecular formula is C14H22N4O2S. The van der Waals surface area contributed by atoms with Gasteiger partial charge in [0, 0.05) is 26.0 Å². The normalized spacial score (nSPS) is 28.2. The Bertz CT molecular complexity index is 619. The van der Waals surface area contributed by atoms with Crippen molar-refractivity contribution >= 4 is 15.7 Å². The lowest BCUT2D eigenvalue weighted by molar-refractivity contribution is 0.280. The number of pyridine rings is 1. The summed E-state index contributed by atoms with van der Waals surface area (Å²) in [5.74, 6) is 7.41. The number of fused-ring (bicyclic) bond motifs is 2. The number of nitrogens with zero attached hydrogens (tertiary/aromatic N) is 2. The van der Waals surface area contributed by atoms with Crippen molar-refractivity contribution in [3.8, 4) is 0 Å². The van der Waals surface area contributed by atoms with Crippen LogP contribution in [0.25, 0.3) is 0 Å². The molecule has 1 heterocycles. The first-order valence-corrected chi connectivity index (χ1v) is 8.83. The molecule has 2 aliphatic rings. The number of aromatic nitrogens is 1. The van der Waals surface area contributed by atoms with Gasteiger partial charge in [-0.05, 0) is 43.1 Å². The average Bonchev–Trinajstić information content (AvgIpc) is 3.09. The Morgan fingerprint density at radius 3 is 2.86 bits per heavy atom. The second-order valence-electron chi connectivity index (χ2n) is 6.24. The van der Waals surface area contributed by atoms with Crippen LogP contribution in [0.15, 0.2) is 23.4 Å². The molecular weight excluding hydrogens is 288 g/mol. The summed E-state index contributed by atoms with van der Waals surface area (Å²) in [6.07, 6.45) is 7.89. The summed E-state index contributed by atoms with van der Waals surface area (Å²) < 4.78 is 26.8. The first-order valence-electron chi connectivity index (χ1n) is 7.39. The van der Waals surface area contributed by atoms with E-state index in [2.05, 4.69) is 10.4 Å². The van der Waals surface area contributed by atoms with Crippen molar-refractivity contribution in [2.45, 2.75) is 30.6 Å². The van der Waals surface area contributed by atoms with Gasteiger partial charge in [0.2, 0.25) is 10.0 Å². The Hall–Kier alpha value is -1.18. The number of hydrogen-bond acceptors (Lipinski definition) is 5. The summed E-state index contributed by atoms with van der Waals surface area (Å²) in [7, 11) is -1.91. The predicted molar refractivity (Wildman–Crippen MR) is 80.8 cm³/mol. The molecule has 2 bridgehead atoms. The van der Waals surface area contributed by atoms with Crippen LogP contribution in [-0.2, 0) is 10.0 Å². The molecule has 6 nitrogen and oxygen atoms in total. The van der Waals surface area contributed by atoms with Crippen LogP contribution in [0.1, 0.15) is 25.7 Å². The van der Waals surface area contributed by atoms with Gasteiger partial charge in [0.05, 0.1) is 5.69 Å². The highest BCUT2D eigenvalue weighted by Gasteiger charge is 2.41. The van der Waals surface area contributed by atoms with Crippen LogP contribution in [-0.4, -0.2) is 31.3 Å². The van der Waals surface area contributed by atoms with E-state index in [9.17, 15) is 8.42 Å². The minimum Gasteiger partial charge on any atom is -0.323 e.